The van der Waals surface area contributed by atoms with Gasteiger partial charge in [-0.05, 0) is 43.9 Å². The van der Waals surface area contributed by atoms with E-state index in [0.29, 0.717) is 5.75 Å². The standard InChI is InChI=1S/C13H19NO2S/c1-10-5-6-11(2)13(8-10)14-12-4-3-7-17(15,16)9-12/h5-6,8,12,14H,3-4,7,9H2,1-2H3. The topological polar surface area (TPSA) is 46.2 Å². The van der Waals surface area contributed by atoms with E-state index in [1.165, 1.54) is 11.1 Å². The Balaban J connectivity index is 2.13. The van der Waals surface area contributed by atoms with Crippen LogP contribution in [0.1, 0.15) is 24.0 Å². The molecule has 1 heterocycles. The van der Waals surface area contributed by atoms with E-state index in [2.05, 4.69) is 23.5 Å². The van der Waals surface area contributed by atoms with Crippen molar-refractivity contribution < 1.29 is 8.42 Å². The predicted molar refractivity (Wildman–Crippen MR) is 71.2 cm³/mol. The second kappa shape index (κ2) is 4.69. The molecule has 2 rings (SSSR count). The Kier molecular flexibility index (Phi) is 3.43. The van der Waals surface area contributed by atoms with Crippen molar-refractivity contribution in [3.63, 3.8) is 0 Å². The summed E-state index contributed by atoms with van der Waals surface area (Å²) < 4.78 is 23.1. The number of sulfone groups is 1. The van der Waals surface area contributed by atoms with Crippen molar-refractivity contribution in [1.29, 1.82) is 0 Å². The van der Waals surface area contributed by atoms with Crippen LogP contribution < -0.4 is 5.32 Å². The highest BCUT2D eigenvalue weighted by Gasteiger charge is 2.24. The van der Waals surface area contributed by atoms with E-state index >= 15 is 0 Å². The maximum absolute atomic E-state index is 11.6. The highest BCUT2D eigenvalue weighted by atomic mass is 32.2. The molecule has 4 heteroatoms. The third kappa shape index (κ3) is 3.22. The molecule has 0 radical (unpaired) electrons. The lowest BCUT2D eigenvalue weighted by molar-refractivity contribution is 0.562. The van der Waals surface area contributed by atoms with Gasteiger partial charge < -0.3 is 5.32 Å². The molecular weight excluding hydrogens is 234 g/mol. The van der Waals surface area contributed by atoms with Gasteiger partial charge in [-0.25, -0.2) is 8.42 Å². The Hall–Kier alpha value is -1.03. The van der Waals surface area contributed by atoms with Gasteiger partial charge in [0.1, 0.15) is 0 Å². The van der Waals surface area contributed by atoms with Gasteiger partial charge in [0.15, 0.2) is 9.84 Å². The third-order valence-electron chi connectivity index (χ3n) is 3.22. The van der Waals surface area contributed by atoms with E-state index in [-0.39, 0.29) is 11.8 Å². The summed E-state index contributed by atoms with van der Waals surface area (Å²) in [4.78, 5) is 0. The first kappa shape index (κ1) is 12.4. The average Bonchev–Trinajstić information content (AvgIpc) is 2.22. The highest BCUT2D eigenvalue weighted by Crippen LogP contribution is 2.21. The monoisotopic (exact) mass is 253 g/mol. The molecule has 0 amide bonds. The minimum atomic E-state index is -2.84. The number of hydrogen-bond donors (Lipinski definition) is 1. The van der Waals surface area contributed by atoms with Crippen molar-refractivity contribution in [2.45, 2.75) is 32.7 Å². The van der Waals surface area contributed by atoms with E-state index in [9.17, 15) is 8.42 Å². The van der Waals surface area contributed by atoms with Gasteiger partial charge in [-0.3, -0.25) is 0 Å². The molecule has 1 aromatic carbocycles. The Bertz CT molecular complexity index is 508. The maximum Gasteiger partial charge on any atom is 0.152 e. The molecule has 3 nitrogen and oxygen atoms in total. The van der Waals surface area contributed by atoms with Gasteiger partial charge in [-0.2, -0.15) is 0 Å². The minimum absolute atomic E-state index is 0.0641. The summed E-state index contributed by atoms with van der Waals surface area (Å²) in [5.74, 6) is 0.609. The van der Waals surface area contributed by atoms with Gasteiger partial charge in [0.05, 0.1) is 11.5 Å². The summed E-state index contributed by atoms with van der Waals surface area (Å²) in [7, 11) is -2.84. The summed E-state index contributed by atoms with van der Waals surface area (Å²) >= 11 is 0. The molecule has 1 aliphatic rings. The van der Waals surface area contributed by atoms with Crippen LogP contribution >= 0.6 is 0 Å². The van der Waals surface area contributed by atoms with Crippen molar-refractivity contribution in [2.75, 3.05) is 16.8 Å². The van der Waals surface area contributed by atoms with Gasteiger partial charge in [-0.15, -0.1) is 0 Å². The largest absolute Gasteiger partial charge is 0.381 e. The van der Waals surface area contributed by atoms with Crippen LogP contribution in [0.25, 0.3) is 0 Å². The van der Waals surface area contributed by atoms with Gasteiger partial charge in [0.2, 0.25) is 0 Å². The fraction of sp³-hybridized carbons (Fsp3) is 0.538. The van der Waals surface area contributed by atoms with Gasteiger partial charge in [-0.1, -0.05) is 12.1 Å². The van der Waals surface area contributed by atoms with Gasteiger partial charge in [0.25, 0.3) is 0 Å². The van der Waals surface area contributed by atoms with Crippen molar-refractivity contribution in [2.24, 2.45) is 0 Å². The van der Waals surface area contributed by atoms with Crippen LogP contribution in [0.3, 0.4) is 0 Å². The summed E-state index contributed by atoms with van der Waals surface area (Å²) in [6.07, 6.45) is 1.71. The number of anilines is 1. The first-order valence-electron chi connectivity index (χ1n) is 6.00. The van der Waals surface area contributed by atoms with Crippen LogP contribution in [0.2, 0.25) is 0 Å². The molecule has 1 fully saturated rings. The zero-order valence-corrected chi connectivity index (χ0v) is 11.2. The first-order valence-corrected chi connectivity index (χ1v) is 7.83. The molecular formula is C13H19NO2S. The zero-order valence-electron chi connectivity index (χ0n) is 10.4. The number of rotatable bonds is 2. The Morgan fingerprint density at radius 2 is 2.06 bits per heavy atom. The van der Waals surface area contributed by atoms with Crippen molar-refractivity contribution in [3.05, 3.63) is 29.3 Å². The van der Waals surface area contributed by atoms with E-state index in [0.717, 1.165) is 18.5 Å². The number of benzene rings is 1. The zero-order chi connectivity index (χ0) is 12.5. The second-order valence-electron chi connectivity index (χ2n) is 4.92. The van der Waals surface area contributed by atoms with E-state index in [4.69, 9.17) is 0 Å². The SMILES string of the molecule is Cc1ccc(C)c(NC2CCCS(=O)(=O)C2)c1. The van der Waals surface area contributed by atoms with E-state index in [1.54, 1.807) is 0 Å². The van der Waals surface area contributed by atoms with Crippen LogP contribution in [-0.2, 0) is 9.84 Å². The van der Waals surface area contributed by atoms with Crippen molar-refractivity contribution >= 4 is 15.5 Å². The predicted octanol–water partition coefficient (Wildman–Crippen LogP) is 2.29. The van der Waals surface area contributed by atoms with Crippen LogP contribution in [-0.4, -0.2) is 26.0 Å². The Labute approximate surface area is 103 Å². The molecule has 0 bridgehead atoms. The summed E-state index contributed by atoms with van der Waals surface area (Å²) in [6, 6.07) is 6.28. The molecule has 0 saturated carbocycles. The molecule has 0 aliphatic carbocycles. The molecule has 1 atom stereocenters. The van der Waals surface area contributed by atoms with Crippen LogP contribution in [0.15, 0.2) is 18.2 Å². The molecule has 94 valence electrons. The van der Waals surface area contributed by atoms with Crippen molar-refractivity contribution in [3.8, 4) is 0 Å². The summed E-state index contributed by atoms with van der Waals surface area (Å²) in [5, 5.41) is 3.37. The van der Waals surface area contributed by atoms with Crippen LogP contribution in [0.4, 0.5) is 5.69 Å². The Morgan fingerprint density at radius 3 is 2.76 bits per heavy atom. The minimum Gasteiger partial charge on any atom is -0.381 e. The Morgan fingerprint density at radius 1 is 1.29 bits per heavy atom. The molecule has 1 N–H and O–H groups in total. The average molecular weight is 253 g/mol. The highest BCUT2D eigenvalue weighted by molar-refractivity contribution is 7.91. The number of aryl methyl sites for hydroxylation is 2. The molecule has 0 spiro atoms. The fourth-order valence-electron chi connectivity index (χ4n) is 2.25. The van der Waals surface area contributed by atoms with Gasteiger partial charge >= 0.3 is 0 Å². The molecule has 1 aliphatic heterocycles. The molecule has 1 saturated heterocycles. The normalized spacial score (nSPS) is 23.3. The quantitative estimate of drug-likeness (QED) is 0.879. The lowest BCUT2D eigenvalue weighted by Crippen LogP contribution is -2.35. The fourth-order valence-corrected chi connectivity index (χ4v) is 3.88. The van der Waals surface area contributed by atoms with Gasteiger partial charge in [0, 0.05) is 11.7 Å². The molecule has 17 heavy (non-hydrogen) atoms. The molecule has 1 unspecified atom stereocenters. The third-order valence-corrected chi connectivity index (χ3v) is 5.04. The number of hydrogen-bond acceptors (Lipinski definition) is 3. The lowest BCUT2D eigenvalue weighted by Gasteiger charge is -2.25. The van der Waals surface area contributed by atoms with E-state index < -0.39 is 9.84 Å². The smallest absolute Gasteiger partial charge is 0.152 e. The molecule has 1 aromatic rings. The second-order valence-corrected chi connectivity index (χ2v) is 7.14. The van der Waals surface area contributed by atoms with Crippen LogP contribution in [0.5, 0.6) is 0 Å². The van der Waals surface area contributed by atoms with E-state index in [1.807, 2.05) is 13.8 Å². The maximum atomic E-state index is 11.6. The van der Waals surface area contributed by atoms with Crippen molar-refractivity contribution in [1.82, 2.24) is 0 Å². The summed E-state index contributed by atoms with van der Waals surface area (Å²) in [6.45, 7) is 4.08. The molecule has 0 aromatic heterocycles. The van der Waals surface area contributed by atoms with Crippen LogP contribution in [0, 0.1) is 13.8 Å². The number of nitrogens with one attached hydrogen (secondary N) is 1. The summed E-state index contributed by atoms with van der Waals surface area (Å²) in [5.41, 5.74) is 3.42. The lowest BCUT2D eigenvalue weighted by atomic mass is 10.1. The first-order chi connectivity index (χ1) is 7.96.